The number of hydrogen-bond acceptors (Lipinski definition) is 5. The maximum absolute atomic E-state index is 13.3. The standard InChI is InChI=1S/C28H42N2O3S/c1-5-13-29(14-6-2)17-19-32-23-9-11-25-26-12-10-24(22-28(26)34(31)27(25)21-23)33-20-18-30(15-7-3)16-8-4/h9-12,21-22H,5-8,13-20H2,1-4H3. The lowest BCUT2D eigenvalue weighted by Crippen LogP contribution is -2.30. The SMILES string of the molecule is CCCN(CCC)CCOc1ccc2c(c1)S(=O)c1cc(OCCN(CCC)CCC)ccc1-2. The molecule has 1 heterocycles. The minimum absolute atomic E-state index is 0.642. The van der Waals surface area contributed by atoms with Crippen molar-refractivity contribution in [3.05, 3.63) is 36.4 Å². The first-order chi connectivity index (χ1) is 16.6. The third-order valence-corrected chi connectivity index (χ3v) is 7.58. The highest BCUT2D eigenvalue weighted by atomic mass is 32.2. The van der Waals surface area contributed by atoms with Gasteiger partial charge in [-0.1, -0.05) is 27.7 Å². The van der Waals surface area contributed by atoms with E-state index in [0.29, 0.717) is 13.2 Å². The van der Waals surface area contributed by atoms with E-state index in [0.717, 1.165) is 97.4 Å². The molecule has 0 saturated heterocycles. The van der Waals surface area contributed by atoms with E-state index in [1.54, 1.807) is 0 Å². The van der Waals surface area contributed by atoms with Gasteiger partial charge in [-0.2, -0.15) is 0 Å². The molecule has 0 N–H and O–H groups in total. The Morgan fingerprint density at radius 3 is 1.35 bits per heavy atom. The van der Waals surface area contributed by atoms with Gasteiger partial charge in [0.05, 0.1) is 20.6 Å². The molecule has 0 fully saturated rings. The van der Waals surface area contributed by atoms with Gasteiger partial charge < -0.3 is 9.47 Å². The molecule has 3 rings (SSSR count). The molecule has 2 aromatic carbocycles. The molecule has 1 aliphatic rings. The number of benzene rings is 2. The summed E-state index contributed by atoms with van der Waals surface area (Å²) in [6.07, 6.45) is 4.60. The van der Waals surface area contributed by atoms with Gasteiger partial charge in [-0.3, -0.25) is 9.80 Å². The largest absolute Gasteiger partial charge is 0.492 e. The van der Waals surface area contributed by atoms with E-state index in [4.69, 9.17) is 9.47 Å². The highest BCUT2D eigenvalue weighted by Crippen LogP contribution is 2.43. The van der Waals surface area contributed by atoms with Gasteiger partial charge in [0, 0.05) is 13.1 Å². The molecule has 188 valence electrons. The summed E-state index contributed by atoms with van der Waals surface area (Å²) in [6, 6.07) is 12.0. The van der Waals surface area contributed by atoms with Crippen LogP contribution < -0.4 is 9.47 Å². The Balaban J connectivity index is 1.60. The molecular weight excluding hydrogens is 444 g/mol. The van der Waals surface area contributed by atoms with Gasteiger partial charge in [-0.05, 0) is 99.4 Å². The zero-order valence-electron chi connectivity index (χ0n) is 21.5. The summed E-state index contributed by atoms with van der Waals surface area (Å²) in [5, 5.41) is 0. The van der Waals surface area contributed by atoms with Crippen molar-refractivity contribution in [1.29, 1.82) is 0 Å². The summed E-state index contributed by atoms with van der Waals surface area (Å²) in [5.41, 5.74) is 2.06. The molecule has 0 amide bonds. The van der Waals surface area contributed by atoms with Gasteiger partial charge in [0.1, 0.15) is 24.7 Å². The van der Waals surface area contributed by atoms with Crippen LogP contribution in [-0.2, 0) is 10.8 Å². The fourth-order valence-electron chi connectivity index (χ4n) is 4.58. The maximum atomic E-state index is 13.3. The molecule has 1 aliphatic heterocycles. The Hall–Kier alpha value is -1.89. The summed E-state index contributed by atoms with van der Waals surface area (Å²) in [4.78, 5) is 6.54. The fraction of sp³-hybridized carbons (Fsp3) is 0.571. The molecular formula is C28H42N2O3S. The van der Waals surface area contributed by atoms with E-state index in [-0.39, 0.29) is 0 Å². The fourth-order valence-corrected chi connectivity index (χ4v) is 6.01. The van der Waals surface area contributed by atoms with Crippen LogP contribution in [0.3, 0.4) is 0 Å². The van der Waals surface area contributed by atoms with E-state index < -0.39 is 10.8 Å². The van der Waals surface area contributed by atoms with Crippen LogP contribution in [0.1, 0.15) is 53.4 Å². The topological polar surface area (TPSA) is 42.0 Å². The van der Waals surface area contributed by atoms with Crippen molar-refractivity contribution in [2.75, 3.05) is 52.5 Å². The maximum Gasteiger partial charge on any atom is 0.120 e. The van der Waals surface area contributed by atoms with E-state index in [9.17, 15) is 4.21 Å². The van der Waals surface area contributed by atoms with Gasteiger partial charge in [0.2, 0.25) is 0 Å². The van der Waals surface area contributed by atoms with Crippen LogP contribution in [0.5, 0.6) is 11.5 Å². The van der Waals surface area contributed by atoms with E-state index in [1.165, 1.54) is 0 Å². The highest BCUT2D eigenvalue weighted by Gasteiger charge is 2.26. The quantitative estimate of drug-likeness (QED) is 0.255. The van der Waals surface area contributed by atoms with Crippen molar-refractivity contribution in [3.8, 4) is 22.6 Å². The van der Waals surface area contributed by atoms with Crippen molar-refractivity contribution in [2.45, 2.75) is 63.2 Å². The molecule has 0 unspecified atom stereocenters. The Labute approximate surface area is 208 Å². The zero-order valence-corrected chi connectivity index (χ0v) is 22.3. The zero-order chi connectivity index (χ0) is 24.3. The molecule has 0 aliphatic carbocycles. The lowest BCUT2D eigenvalue weighted by Gasteiger charge is -2.21. The van der Waals surface area contributed by atoms with Gasteiger partial charge in [0.25, 0.3) is 0 Å². The molecule has 0 atom stereocenters. The van der Waals surface area contributed by atoms with Crippen LogP contribution in [0.25, 0.3) is 11.1 Å². The molecule has 0 aromatic heterocycles. The second kappa shape index (κ2) is 13.9. The second-order valence-corrected chi connectivity index (χ2v) is 10.4. The first-order valence-corrected chi connectivity index (χ1v) is 14.2. The van der Waals surface area contributed by atoms with Crippen molar-refractivity contribution in [1.82, 2.24) is 9.80 Å². The molecule has 0 bridgehead atoms. The molecule has 2 aromatic rings. The van der Waals surface area contributed by atoms with Crippen molar-refractivity contribution in [3.63, 3.8) is 0 Å². The van der Waals surface area contributed by atoms with Crippen LogP contribution >= 0.6 is 0 Å². The smallest absolute Gasteiger partial charge is 0.120 e. The number of ether oxygens (including phenoxy) is 2. The molecule has 6 heteroatoms. The molecule has 0 radical (unpaired) electrons. The summed E-state index contributed by atoms with van der Waals surface area (Å²) >= 11 is 0. The average Bonchev–Trinajstić information content (AvgIpc) is 3.11. The van der Waals surface area contributed by atoms with Crippen LogP contribution in [0.4, 0.5) is 0 Å². The number of nitrogens with zero attached hydrogens (tertiary/aromatic N) is 2. The minimum Gasteiger partial charge on any atom is -0.492 e. The van der Waals surface area contributed by atoms with Gasteiger partial charge >= 0.3 is 0 Å². The van der Waals surface area contributed by atoms with Crippen LogP contribution in [-0.4, -0.2) is 66.5 Å². The van der Waals surface area contributed by atoms with Crippen molar-refractivity contribution in [2.24, 2.45) is 0 Å². The highest BCUT2D eigenvalue weighted by molar-refractivity contribution is 7.85. The average molecular weight is 487 g/mol. The molecule has 34 heavy (non-hydrogen) atoms. The first kappa shape index (κ1) is 26.7. The first-order valence-electron chi connectivity index (χ1n) is 13.0. The normalized spacial score (nSPS) is 12.9. The second-order valence-electron chi connectivity index (χ2n) is 8.96. The van der Waals surface area contributed by atoms with Crippen LogP contribution in [0.2, 0.25) is 0 Å². The Morgan fingerprint density at radius 1 is 0.618 bits per heavy atom. The van der Waals surface area contributed by atoms with Gasteiger partial charge in [-0.15, -0.1) is 0 Å². The lowest BCUT2D eigenvalue weighted by atomic mass is 10.1. The van der Waals surface area contributed by atoms with Gasteiger partial charge in [-0.25, -0.2) is 4.21 Å². The minimum atomic E-state index is -1.21. The van der Waals surface area contributed by atoms with Gasteiger partial charge in [0.15, 0.2) is 0 Å². The van der Waals surface area contributed by atoms with E-state index in [1.807, 2.05) is 36.4 Å². The van der Waals surface area contributed by atoms with Crippen molar-refractivity contribution < 1.29 is 13.7 Å². The van der Waals surface area contributed by atoms with E-state index in [2.05, 4.69) is 37.5 Å². The Kier molecular flexibility index (Phi) is 10.9. The molecule has 0 saturated carbocycles. The number of fused-ring (bicyclic) bond motifs is 3. The number of rotatable bonds is 16. The summed E-state index contributed by atoms with van der Waals surface area (Å²) in [6.45, 7) is 16.3. The summed E-state index contributed by atoms with van der Waals surface area (Å²) in [7, 11) is -1.21. The lowest BCUT2D eigenvalue weighted by molar-refractivity contribution is 0.208. The number of hydrogen-bond donors (Lipinski definition) is 0. The Morgan fingerprint density at radius 2 is 1.00 bits per heavy atom. The predicted octanol–water partition coefficient (Wildman–Crippen LogP) is 5.84. The monoisotopic (exact) mass is 486 g/mol. The van der Waals surface area contributed by atoms with Crippen molar-refractivity contribution >= 4 is 10.8 Å². The molecule has 5 nitrogen and oxygen atoms in total. The summed E-state index contributed by atoms with van der Waals surface area (Å²) in [5.74, 6) is 1.58. The van der Waals surface area contributed by atoms with E-state index >= 15 is 0 Å². The third-order valence-electron chi connectivity index (χ3n) is 6.11. The van der Waals surface area contributed by atoms with Crippen LogP contribution in [0, 0.1) is 0 Å². The molecule has 0 spiro atoms. The summed E-state index contributed by atoms with van der Waals surface area (Å²) < 4.78 is 25.4. The predicted molar refractivity (Wildman–Crippen MR) is 142 cm³/mol. The Bertz CT molecular complexity index is 848. The third kappa shape index (κ3) is 7.06. The van der Waals surface area contributed by atoms with Crippen LogP contribution in [0.15, 0.2) is 46.2 Å².